The molecule has 3 aliphatic rings. The summed E-state index contributed by atoms with van der Waals surface area (Å²) in [6.45, 7) is 3.77. The molecule has 4 aromatic rings. The number of anilines is 1. The van der Waals surface area contributed by atoms with E-state index in [0.717, 1.165) is 22.4 Å². The van der Waals surface area contributed by atoms with Crippen LogP contribution < -0.4 is 20.7 Å². The molecule has 11 nitrogen and oxygen atoms in total. The van der Waals surface area contributed by atoms with Crippen molar-refractivity contribution in [3.8, 4) is 5.75 Å². The number of alkyl carbamates (subject to hydrolysis) is 1. The Balaban J connectivity index is 1.35. The molecule has 2 unspecified atom stereocenters. The molecule has 0 aliphatic carbocycles. The normalized spacial score (nSPS) is 22.8. The molecule has 224 valence electrons. The van der Waals surface area contributed by atoms with Crippen LogP contribution in [0, 0.1) is 5.92 Å². The number of aromatic carboxylic acids is 1. The predicted octanol–water partition coefficient (Wildman–Crippen LogP) is 4.52. The van der Waals surface area contributed by atoms with E-state index in [2.05, 4.69) is 20.9 Å². The fraction of sp³-hybridized carbons (Fsp3) is 0.273. The van der Waals surface area contributed by atoms with Gasteiger partial charge in [0.25, 0.3) is 0 Å². The molecule has 1 spiro atoms. The first kappa shape index (κ1) is 27.5. The molecule has 3 aliphatic heterocycles. The average molecular weight is 595 g/mol. The van der Waals surface area contributed by atoms with Gasteiger partial charge in [-0.25, -0.2) is 14.6 Å². The monoisotopic (exact) mass is 594 g/mol. The Morgan fingerprint density at radius 1 is 1.07 bits per heavy atom. The smallest absolute Gasteiger partial charge is 0.408 e. The molecular weight excluding hydrogens is 564 g/mol. The molecule has 7 rings (SSSR count). The third-order valence-electron chi connectivity index (χ3n) is 8.44. The molecule has 0 saturated heterocycles. The lowest BCUT2D eigenvalue weighted by molar-refractivity contribution is -0.124. The molecular formula is C33H30N4O7. The number of hydrogen-bond acceptors (Lipinski definition) is 8. The Kier molecular flexibility index (Phi) is 6.53. The molecule has 0 radical (unpaired) electrons. The van der Waals surface area contributed by atoms with Gasteiger partial charge in [0.05, 0.1) is 0 Å². The second-order valence-electron chi connectivity index (χ2n) is 11.6. The van der Waals surface area contributed by atoms with E-state index in [1.807, 2.05) is 80.6 Å². The summed E-state index contributed by atoms with van der Waals surface area (Å²) in [6, 6.07) is 20.5. The molecule has 2 amide bonds. The molecule has 1 aromatic heterocycles. The number of para-hydroxylation sites is 1. The number of carboxylic acid groups (broad SMARTS) is 1. The Morgan fingerprint density at radius 3 is 2.61 bits per heavy atom. The van der Waals surface area contributed by atoms with Gasteiger partial charge in [-0.15, -0.1) is 0 Å². The summed E-state index contributed by atoms with van der Waals surface area (Å²) < 4.78 is 18.3. The van der Waals surface area contributed by atoms with Crippen molar-refractivity contribution in [2.75, 3.05) is 5.32 Å². The maximum atomic E-state index is 13.8. The summed E-state index contributed by atoms with van der Waals surface area (Å²) in [5, 5.41) is 19.4. The third kappa shape index (κ3) is 4.34. The lowest BCUT2D eigenvalue weighted by Gasteiger charge is -2.28. The van der Waals surface area contributed by atoms with E-state index < -0.39 is 41.7 Å². The van der Waals surface area contributed by atoms with Gasteiger partial charge >= 0.3 is 12.1 Å². The Labute approximate surface area is 252 Å². The average Bonchev–Trinajstić information content (AvgIpc) is 3.68. The summed E-state index contributed by atoms with van der Waals surface area (Å²) in [4.78, 5) is 43.9. The first-order valence-corrected chi connectivity index (χ1v) is 14.4. The number of nitrogens with zero attached hydrogens (tertiary/aromatic N) is 1. The number of carboxylic acids is 1. The van der Waals surface area contributed by atoms with Crippen molar-refractivity contribution in [1.82, 2.24) is 15.6 Å². The summed E-state index contributed by atoms with van der Waals surface area (Å²) in [5.74, 6) is -1.27. The van der Waals surface area contributed by atoms with E-state index in [1.54, 1.807) is 6.07 Å². The highest BCUT2D eigenvalue weighted by atomic mass is 16.5. The van der Waals surface area contributed by atoms with Crippen LogP contribution in [0.25, 0.3) is 0 Å². The standard InChI is InChI=1S/C33H30N4O7/c1-17(2)25-29-37-26(30(39)40)27(44-29)33-20-10-6-7-11-22(20)34-31(33)43-24-13-12-19(14-21(24)33)15-23(28(38)36-25)35-32(41)42-16-18-8-4-3-5-9-18/h3-14,17,23,25,31,34H,15-16H2,1-2H3,(H,35,41)(H,36,38)(H,39,40)/t23-,25-,31?,33?/m0/s1. The lowest BCUT2D eigenvalue weighted by Crippen LogP contribution is -2.49. The van der Waals surface area contributed by atoms with Crippen molar-refractivity contribution in [2.45, 2.75) is 50.6 Å². The first-order valence-electron chi connectivity index (χ1n) is 14.4. The van der Waals surface area contributed by atoms with Gasteiger partial charge in [0.1, 0.15) is 29.9 Å². The van der Waals surface area contributed by atoms with Crippen molar-refractivity contribution in [2.24, 2.45) is 5.92 Å². The van der Waals surface area contributed by atoms with Crippen molar-refractivity contribution in [3.63, 3.8) is 0 Å². The van der Waals surface area contributed by atoms with Gasteiger partial charge in [-0.2, -0.15) is 0 Å². The van der Waals surface area contributed by atoms with E-state index in [0.29, 0.717) is 11.3 Å². The number of ether oxygens (including phenoxy) is 2. The maximum absolute atomic E-state index is 13.8. The number of aromatic nitrogens is 1. The number of benzene rings is 3. The number of hydrogen-bond donors (Lipinski definition) is 4. The van der Waals surface area contributed by atoms with Crippen LogP contribution in [0.3, 0.4) is 0 Å². The summed E-state index contributed by atoms with van der Waals surface area (Å²) in [6.07, 6.45) is -1.32. The van der Waals surface area contributed by atoms with Gasteiger partial charge in [-0.1, -0.05) is 74.5 Å². The number of nitrogens with one attached hydrogen (secondary N) is 3. The van der Waals surface area contributed by atoms with E-state index in [9.17, 15) is 19.5 Å². The van der Waals surface area contributed by atoms with Crippen molar-refractivity contribution < 1.29 is 33.4 Å². The predicted molar refractivity (Wildman–Crippen MR) is 157 cm³/mol. The zero-order valence-corrected chi connectivity index (χ0v) is 24.0. The highest BCUT2D eigenvalue weighted by Gasteiger charge is 2.61. The summed E-state index contributed by atoms with van der Waals surface area (Å²) in [7, 11) is 0. The lowest BCUT2D eigenvalue weighted by atomic mass is 9.72. The van der Waals surface area contributed by atoms with E-state index in [1.165, 1.54) is 0 Å². The van der Waals surface area contributed by atoms with Crippen molar-refractivity contribution in [3.05, 3.63) is 112 Å². The quantitative estimate of drug-likeness (QED) is 0.261. The molecule has 0 fully saturated rings. The van der Waals surface area contributed by atoms with E-state index >= 15 is 0 Å². The number of fused-ring (bicyclic) bond motifs is 4. The molecule has 4 N–H and O–H groups in total. The minimum atomic E-state index is -1.26. The topological polar surface area (TPSA) is 152 Å². The minimum Gasteiger partial charge on any atom is -0.476 e. The maximum Gasteiger partial charge on any atom is 0.408 e. The van der Waals surface area contributed by atoms with E-state index in [-0.39, 0.29) is 36.3 Å². The zero-order chi connectivity index (χ0) is 30.6. The number of carbonyl (C=O) groups is 3. The fourth-order valence-corrected chi connectivity index (χ4v) is 6.35. The number of amides is 2. The van der Waals surface area contributed by atoms with Crippen LogP contribution in [0.15, 0.2) is 77.2 Å². The highest BCUT2D eigenvalue weighted by Crippen LogP contribution is 2.58. The largest absolute Gasteiger partial charge is 0.476 e. The number of rotatable bonds is 5. The molecule has 3 aromatic carbocycles. The SMILES string of the molecule is CC(C)[C@@H]1NC(=O)[C@@H](NC(=O)OCc2ccccc2)Cc2ccc3c(c2)C2(c4ccccc4NC2O3)c2oc1nc2C(=O)O. The summed E-state index contributed by atoms with van der Waals surface area (Å²) in [5.41, 5.74) is 2.33. The van der Waals surface area contributed by atoms with Gasteiger partial charge in [0.15, 0.2) is 17.7 Å². The molecule has 4 bridgehead atoms. The molecule has 11 heteroatoms. The highest BCUT2D eigenvalue weighted by molar-refractivity contribution is 5.89. The van der Waals surface area contributed by atoms with Gasteiger partial charge in [-0.3, -0.25) is 4.79 Å². The van der Waals surface area contributed by atoms with Gasteiger partial charge in [0, 0.05) is 17.7 Å². The van der Waals surface area contributed by atoms with E-state index in [4.69, 9.17) is 13.9 Å². The van der Waals surface area contributed by atoms with Crippen molar-refractivity contribution in [1.29, 1.82) is 0 Å². The Morgan fingerprint density at radius 2 is 1.84 bits per heavy atom. The van der Waals surface area contributed by atoms with Crippen LogP contribution in [0.1, 0.15) is 64.3 Å². The molecule has 0 saturated carbocycles. The fourth-order valence-electron chi connectivity index (χ4n) is 6.35. The van der Waals surface area contributed by atoms with Gasteiger partial charge < -0.3 is 34.9 Å². The van der Waals surface area contributed by atoms with Crippen molar-refractivity contribution >= 4 is 23.7 Å². The Hall–Kier alpha value is -5.32. The van der Waals surface area contributed by atoms with Crippen LogP contribution in [0.4, 0.5) is 10.5 Å². The second kappa shape index (κ2) is 10.4. The number of oxazole rings is 1. The molecule has 4 atom stereocenters. The van der Waals surface area contributed by atoms with Crippen LogP contribution in [-0.4, -0.2) is 40.3 Å². The van der Waals surface area contributed by atoms with Crippen LogP contribution in [-0.2, 0) is 28.0 Å². The molecule has 44 heavy (non-hydrogen) atoms. The van der Waals surface area contributed by atoms with Crippen LogP contribution >= 0.6 is 0 Å². The van der Waals surface area contributed by atoms with Gasteiger partial charge in [0.2, 0.25) is 11.8 Å². The second-order valence-corrected chi connectivity index (χ2v) is 11.6. The molecule has 4 heterocycles. The van der Waals surface area contributed by atoms with Crippen LogP contribution in [0.5, 0.6) is 5.75 Å². The van der Waals surface area contributed by atoms with Crippen LogP contribution in [0.2, 0.25) is 0 Å². The van der Waals surface area contributed by atoms with Gasteiger partial charge in [-0.05, 0) is 34.7 Å². The zero-order valence-electron chi connectivity index (χ0n) is 24.0. The number of carbonyl (C=O) groups excluding carboxylic acids is 2. The Bertz CT molecular complexity index is 1790. The first-order chi connectivity index (χ1) is 21.3. The minimum absolute atomic E-state index is 0.0409. The summed E-state index contributed by atoms with van der Waals surface area (Å²) >= 11 is 0. The third-order valence-corrected chi connectivity index (χ3v) is 8.44.